The fraction of sp³-hybridized carbons (Fsp3) is 0.353. The third-order valence-corrected chi connectivity index (χ3v) is 2.52. The predicted molar refractivity (Wildman–Crippen MR) is 92.8 cm³/mol. The van der Waals surface area contributed by atoms with Gasteiger partial charge in [0, 0.05) is 11.4 Å². The molecule has 0 spiro atoms. The smallest absolute Gasteiger partial charge is 0.408 e. The Balaban J connectivity index is 2.52. The highest BCUT2D eigenvalue weighted by molar-refractivity contribution is 6.00. The quantitative estimate of drug-likeness (QED) is 0.722. The second-order valence-corrected chi connectivity index (χ2v) is 5.97. The van der Waals surface area contributed by atoms with Gasteiger partial charge in [-0.25, -0.2) is 4.79 Å². The van der Waals surface area contributed by atoms with Crippen molar-refractivity contribution < 1.29 is 19.1 Å². The molecule has 1 rings (SSSR count). The van der Waals surface area contributed by atoms with Gasteiger partial charge in [0.2, 0.25) is 11.8 Å². The number of amides is 3. The lowest BCUT2D eigenvalue weighted by Gasteiger charge is -2.19. The predicted octanol–water partition coefficient (Wildman–Crippen LogP) is 2.66. The van der Waals surface area contributed by atoms with Gasteiger partial charge < -0.3 is 20.7 Å². The van der Waals surface area contributed by atoms with Crippen molar-refractivity contribution in [2.45, 2.75) is 33.3 Å². The van der Waals surface area contributed by atoms with Gasteiger partial charge in [0.1, 0.15) is 12.1 Å². The number of hydrogen-bond donors (Lipinski definition) is 3. The van der Waals surface area contributed by atoms with Crippen LogP contribution in [0.15, 0.2) is 36.4 Å². The summed E-state index contributed by atoms with van der Waals surface area (Å²) in [7, 11) is 0. The number of rotatable bonds is 5. The van der Waals surface area contributed by atoms with E-state index in [1.54, 1.807) is 58.0 Å². The number of benzene rings is 1. The average molecular weight is 333 g/mol. The van der Waals surface area contributed by atoms with E-state index < -0.39 is 17.6 Å². The van der Waals surface area contributed by atoms with Gasteiger partial charge in [0.25, 0.3) is 0 Å². The highest BCUT2D eigenvalue weighted by Gasteiger charge is 2.16. The van der Waals surface area contributed by atoms with Crippen molar-refractivity contribution >= 4 is 29.3 Å². The molecule has 0 fully saturated rings. The van der Waals surface area contributed by atoms with Gasteiger partial charge in [-0.2, -0.15) is 0 Å². The van der Waals surface area contributed by atoms with Crippen molar-refractivity contribution in [3.8, 4) is 0 Å². The average Bonchev–Trinajstić information content (AvgIpc) is 2.44. The third kappa shape index (κ3) is 7.98. The molecule has 0 unspecified atom stereocenters. The van der Waals surface area contributed by atoms with Gasteiger partial charge in [0.05, 0.1) is 0 Å². The van der Waals surface area contributed by atoms with E-state index in [0.717, 1.165) is 0 Å². The van der Waals surface area contributed by atoms with Gasteiger partial charge in [0.15, 0.2) is 0 Å². The Morgan fingerprint density at radius 3 is 2.33 bits per heavy atom. The summed E-state index contributed by atoms with van der Waals surface area (Å²) in [4.78, 5) is 34.8. The summed E-state index contributed by atoms with van der Waals surface area (Å²) in [6.07, 6.45) is 2.37. The van der Waals surface area contributed by atoms with Crippen molar-refractivity contribution in [3.05, 3.63) is 36.4 Å². The van der Waals surface area contributed by atoms with E-state index in [2.05, 4.69) is 16.0 Å². The Bertz CT molecular complexity index is 633. The number of anilines is 2. The van der Waals surface area contributed by atoms with Gasteiger partial charge in [-0.15, -0.1) is 0 Å². The van der Waals surface area contributed by atoms with E-state index in [1.165, 1.54) is 6.08 Å². The fourth-order valence-corrected chi connectivity index (χ4v) is 1.68. The van der Waals surface area contributed by atoms with Crippen LogP contribution in [0.4, 0.5) is 16.2 Å². The number of allylic oxidation sites excluding steroid dienone is 1. The Morgan fingerprint density at radius 2 is 1.75 bits per heavy atom. The van der Waals surface area contributed by atoms with Crippen LogP contribution in [0.1, 0.15) is 27.7 Å². The standard InChI is InChI=1S/C17H23N3O4/c1-5-7-14(21)19-12-8-6-9-13(10-12)20-15(22)11-18-16(23)24-17(2,3)4/h5-10H,11H2,1-4H3,(H,18,23)(H,19,21)(H,20,22)/b7-5+. The largest absolute Gasteiger partial charge is 0.444 e. The van der Waals surface area contributed by atoms with Crippen LogP contribution in [0.5, 0.6) is 0 Å². The van der Waals surface area contributed by atoms with E-state index >= 15 is 0 Å². The molecule has 3 N–H and O–H groups in total. The van der Waals surface area contributed by atoms with E-state index in [9.17, 15) is 14.4 Å². The number of ether oxygens (including phenoxy) is 1. The first kappa shape index (κ1) is 19.2. The molecule has 7 heteroatoms. The molecular formula is C17H23N3O4. The van der Waals surface area contributed by atoms with Crippen molar-refractivity contribution in [2.24, 2.45) is 0 Å². The molecule has 7 nitrogen and oxygen atoms in total. The van der Waals surface area contributed by atoms with Gasteiger partial charge in [-0.1, -0.05) is 12.1 Å². The van der Waals surface area contributed by atoms with E-state index in [-0.39, 0.29) is 12.5 Å². The first-order valence-corrected chi connectivity index (χ1v) is 7.50. The SMILES string of the molecule is C/C=C/C(=O)Nc1cccc(NC(=O)CNC(=O)OC(C)(C)C)c1. The Morgan fingerprint density at radius 1 is 1.12 bits per heavy atom. The summed E-state index contributed by atoms with van der Waals surface area (Å²) in [6, 6.07) is 6.70. The normalized spacial score (nSPS) is 11.0. The molecule has 3 amide bonds. The molecule has 0 atom stereocenters. The van der Waals surface area contributed by atoms with Crippen molar-refractivity contribution in [3.63, 3.8) is 0 Å². The zero-order valence-electron chi connectivity index (χ0n) is 14.3. The van der Waals surface area contributed by atoms with Crippen LogP contribution >= 0.6 is 0 Å². The molecule has 0 aliphatic rings. The van der Waals surface area contributed by atoms with Crippen LogP contribution in [-0.2, 0) is 14.3 Å². The molecule has 0 heterocycles. The summed E-state index contributed by atoms with van der Waals surface area (Å²) >= 11 is 0. The van der Waals surface area contributed by atoms with Crippen LogP contribution in [0.25, 0.3) is 0 Å². The summed E-state index contributed by atoms with van der Waals surface area (Å²) in [6.45, 7) is 6.73. The fourth-order valence-electron chi connectivity index (χ4n) is 1.68. The summed E-state index contributed by atoms with van der Waals surface area (Å²) in [5, 5.41) is 7.66. The molecule has 1 aromatic rings. The van der Waals surface area contributed by atoms with Gasteiger partial charge >= 0.3 is 6.09 Å². The van der Waals surface area contributed by atoms with Crippen LogP contribution in [0, 0.1) is 0 Å². The molecule has 1 aromatic carbocycles. The minimum Gasteiger partial charge on any atom is -0.444 e. The molecule has 24 heavy (non-hydrogen) atoms. The van der Waals surface area contributed by atoms with E-state index in [1.807, 2.05) is 0 Å². The second kappa shape index (κ2) is 8.71. The van der Waals surface area contributed by atoms with E-state index in [4.69, 9.17) is 4.74 Å². The van der Waals surface area contributed by atoms with Crippen molar-refractivity contribution in [2.75, 3.05) is 17.2 Å². The number of hydrogen-bond acceptors (Lipinski definition) is 4. The lowest BCUT2D eigenvalue weighted by atomic mass is 10.2. The molecular weight excluding hydrogens is 310 g/mol. The first-order valence-electron chi connectivity index (χ1n) is 7.50. The maximum Gasteiger partial charge on any atom is 0.408 e. The zero-order valence-corrected chi connectivity index (χ0v) is 14.3. The third-order valence-electron chi connectivity index (χ3n) is 2.52. The topological polar surface area (TPSA) is 96.5 Å². The van der Waals surface area contributed by atoms with Crippen LogP contribution in [0.3, 0.4) is 0 Å². The molecule has 130 valence electrons. The lowest BCUT2D eigenvalue weighted by molar-refractivity contribution is -0.115. The molecule has 0 saturated heterocycles. The molecule has 0 aliphatic heterocycles. The summed E-state index contributed by atoms with van der Waals surface area (Å²) < 4.78 is 5.04. The molecule has 0 aliphatic carbocycles. The van der Waals surface area contributed by atoms with Crippen LogP contribution < -0.4 is 16.0 Å². The molecule has 0 radical (unpaired) electrons. The Kier molecular flexibility index (Phi) is 6.98. The monoisotopic (exact) mass is 333 g/mol. The number of carbonyl (C=O) groups is 3. The maximum atomic E-state index is 11.8. The Hall–Kier alpha value is -2.83. The van der Waals surface area contributed by atoms with Crippen LogP contribution in [-0.4, -0.2) is 30.1 Å². The zero-order chi connectivity index (χ0) is 18.2. The maximum absolute atomic E-state index is 11.8. The van der Waals surface area contributed by atoms with Gasteiger partial charge in [-0.3, -0.25) is 9.59 Å². The number of nitrogens with one attached hydrogen (secondary N) is 3. The highest BCUT2D eigenvalue weighted by Crippen LogP contribution is 2.15. The van der Waals surface area contributed by atoms with Gasteiger partial charge in [-0.05, 0) is 52.0 Å². The molecule has 0 bridgehead atoms. The summed E-state index contributed by atoms with van der Waals surface area (Å²) in [5.41, 5.74) is 0.431. The summed E-state index contributed by atoms with van der Waals surface area (Å²) in [5.74, 6) is -0.662. The van der Waals surface area contributed by atoms with E-state index in [0.29, 0.717) is 11.4 Å². The minimum absolute atomic E-state index is 0.218. The van der Waals surface area contributed by atoms with Crippen molar-refractivity contribution in [1.29, 1.82) is 0 Å². The second-order valence-electron chi connectivity index (χ2n) is 5.97. The van der Waals surface area contributed by atoms with Crippen LogP contribution in [0.2, 0.25) is 0 Å². The molecule has 0 aromatic heterocycles. The van der Waals surface area contributed by atoms with Crippen molar-refractivity contribution in [1.82, 2.24) is 5.32 Å². The Labute approximate surface area is 141 Å². The highest BCUT2D eigenvalue weighted by atomic mass is 16.6. The lowest BCUT2D eigenvalue weighted by Crippen LogP contribution is -2.37. The minimum atomic E-state index is -0.662. The first-order chi connectivity index (χ1) is 11.2. The number of carbonyl (C=O) groups excluding carboxylic acids is 3. The molecule has 0 saturated carbocycles. The number of alkyl carbamates (subject to hydrolysis) is 1.